The quantitative estimate of drug-likeness (QED) is 0.680. The number of amides is 2. The van der Waals surface area contributed by atoms with E-state index in [0.717, 1.165) is 5.56 Å². The third-order valence-electron chi connectivity index (χ3n) is 3.11. The van der Waals surface area contributed by atoms with Crippen LogP contribution in [0.2, 0.25) is 0 Å². The number of hydrogen-bond acceptors (Lipinski definition) is 4. The van der Waals surface area contributed by atoms with Gasteiger partial charge in [-0.1, -0.05) is 30.3 Å². The van der Waals surface area contributed by atoms with Crippen molar-refractivity contribution in [3.63, 3.8) is 0 Å². The first-order valence-electron chi connectivity index (χ1n) is 6.97. The number of benzene rings is 1. The number of aromatic nitrogens is 2. The van der Waals surface area contributed by atoms with Gasteiger partial charge in [-0.05, 0) is 12.0 Å². The van der Waals surface area contributed by atoms with Crippen LogP contribution in [0, 0.1) is 0 Å². The highest BCUT2D eigenvalue weighted by molar-refractivity contribution is 5.94. The Bertz CT molecular complexity index is 638. The lowest BCUT2D eigenvalue weighted by Gasteiger charge is -2.10. The van der Waals surface area contributed by atoms with Crippen LogP contribution in [0.1, 0.15) is 12.0 Å². The molecule has 0 saturated heterocycles. The Hall–Kier alpha value is -2.67. The molecule has 0 fully saturated rings. The molecule has 116 valence electrons. The fourth-order valence-corrected chi connectivity index (χ4v) is 1.96. The van der Waals surface area contributed by atoms with Crippen LogP contribution in [0.15, 0.2) is 42.6 Å². The molecule has 0 unspecified atom stereocenters. The van der Waals surface area contributed by atoms with Crippen LogP contribution >= 0.6 is 0 Å². The number of primary amides is 1. The first-order chi connectivity index (χ1) is 10.5. The van der Waals surface area contributed by atoms with Crippen molar-refractivity contribution in [1.29, 1.82) is 0 Å². The van der Waals surface area contributed by atoms with Gasteiger partial charge in [0.2, 0.25) is 11.8 Å². The largest absolute Gasteiger partial charge is 0.370 e. The zero-order chi connectivity index (χ0) is 15.9. The number of carbonyl (C=O) groups excluding carboxylic acids is 2. The molecular weight excluding hydrogens is 282 g/mol. The molecule has 2 amide bonds. The van der Waals surface area contributed by atoms with Gasteiger partial charge in [0.25, 0.3) is 0 Å². The van der Waals surface area contributed by atoms with Crippen LogP contribution in [0.5, 0.6) is 0 Å². The van der Waals surface area contributed by atoms with Crippen LogP contribution in [-0.2, 0) is 22.6 Å². The number of nitrogens with zero attached hydrogens (tertiary/aromatic N) is 2. The minimum Gasteiger partial charge on any atom is -0.370 e. The zero-order valence-corrected chi connectivity index (χ0v) is 12.1. The highest BCUT2D eigenvalue weighted by Gasteiger charge is 2.15. The predicted octanol–water partition coefficient (Wildman–Crippen LogP) is 0.267. The second-order valence-corrected chi connectivity index (χ2v) is 4.97. The molecule has 7 nitrogen and oxygen atoms in total. The number of rotatable bonds is 7. The van der Waals surface area contributed by atoms with Crippen molar-refractivity contribution in [2.45, 2.75) is 25.4 Å². The Kier molecular flexibility index (Phi) is 5.26. The molecule has 2 aromatic rings. The van der Waals surface area contributed by atoms with E-state index in [1.54, 1.807) is 16.9 Å². The summed E-state index contributed by atoms with van der Waals surface area (Å²) in [6, 6.07) is 10.6. The second-order valence-electron chi connectivity index (χ2n) is 4.97. The lowest BCUT2D eigenvalue weighted by molar-refractivity contribution is -0.118. The Morgan fingerprint density at radius 1 is 1.23 bits per heavy atom. The molecule has 2 rings (SSSR count). The van der Waals surface area contributed by atoms with E-state index < -0.39 is 11.9 Å². The lowest BCUT2D eigenvalue weighted by atomic mass is 10.1. The van der Waals surface area contributed by atoms with Crippen LogP contribution in [0.25, 0.3) is 0 Å². The summed E-state index contributed by atoms with van der Waals surface area (Å²) in [4.78, 5) is 22.7. The minimum atomic E-state index is -0.654. The molecule has 1 aromatic heterocycles. The topological polar surface area (TPSA) is 116 Å². The van der Waals surface area contributed by atoms with Gasteiger partial charge in [-0.2, -0.15) is 5.10 Å². The van der Waals surface area contributed by atoms with E-state index in [1.165, 1.54) is 0 Å². The molecule has 0 aliphatic rings. The van der Waals surface area contributed by atoms with Gasteiger partial charge >= 0.3 is 0 Å². The molecule has 0 radical (unpaired) electrons. The standard InChI is InChI=1S/C15H19N5O2/c16-12(10-11-4-2-1-3-5-11)15(22)18-14-7-9-20(19-14)8-6-13(17)21/h1-5,7,9,12H,6,8,10,16H2,(H2,17,21)(H,18,19,22)/t12-/m0/s1. The van der Waals surface area contributed by atoms with Crippen molar-refractivity contribution in [3.05, 3.63) is 48.2 Å². The summed E-state index contributed by atoms with van der Waals surface area (Å²) in [5.41, 5.74) is 12.0. The Morgan fingerprint density at radius 3 is 2.64 bits per heavy atom. The van der Waals surface area contributed by atoms with E-state index in [9.17, 15) is 9.59 Å². The third kappa shape index (κ3) is 4.71. The van der Waals surface area contributed by atoms with E-state index in [0.29, 0.717) is 18.8 Å². The zero-order valence-electron chi connectivity index (χ0n) is 12.1. The van der Waals surface area contributed by atoms with Gasteiger partial charge in [-0.15, -0.1) is 0 Å². The molecule has 0 aliphatic heterocycles. The molecule has 0 aliphatic carbocycles. The number of aryl methyl sites for hydroxylation is 1. The average Bonchev–Trinajstić information content (AvgIpc) is 2.93. The SMILES string of the molecule is NC(=O)CCn1ccc(NC(=O)[C@@H](N)Cc2ccccc2)n1. The highest BCUT2D eigenvalue weighted by Crippen LogP contribution is 2.06. The molecule has 0 bridgehead atoms. The molecule has 0 saturated carbocycles. The van der Waals surface area contributed by atoms with Crippen LogP contribution in [0.4, 0.5) is 5.82 Å². The third-order valence-corrected chi connectivity index (χ3v) is 3.11. The van der Waals surface area contributed by atoms with Gasteiger partial charge in [0, 0.05) is 25.2 Å². The number of hydrogen-bond donors (Lipinski definition) is 3. The molecule has 1 aromatic carbocycles. The maximum Gasteiger partial charge on any atom is 0.242 e. The normalized spacial score (nSPS) is 11.9. The predicted molar refractivity (Wildman–Crippen MR) is 82.8 cm³/mol. The van der Waals surface area contributed by atoms with Crippen LogP contribution < -0.4 is 16.8 Å². The first-order valence-corrected chi connectivity index (χ1v) is 6.97. The Balaban J connectivity index is 1.87. The second kappa shape index (κ2) is 7.37. The summed E-state index contributed by atoms with van der Waals surface area (Å²) in [5.74, 6) is -0.298. The molecule has 1 heterocycles. The van der Waals surface area contributed by atoms with Gasteiger partial charge in [0.15, 0.2) is 5.82 Å². The fourth-order valence-electron chi connectivity index (χ4n) is 1.96. The summed E-state index contributed by atoms with van der Waals surface area (Å²) in [7, 11) is 0. The van der Waals surface area contributed by atoms with Gasteiger partial charge in [-0.25, -0.2) is 0 Å². The summed E-state index contributed by atoms with van der Waals surface area (Å²) in [6.45, 7) is 0.376. The van der Waals surface area contributed by atoms with Crippen molar-refractivity contribution < 1.29 is 9.59 Å². The Morgan fingerprint density at radius 2 is 1.95 bits per heavy atom. The average molecular weight is 301 g/mol. The lowest BCUT2D eigenvalue weighted by Crippen LogP contribution is -2.37. The van der Waals surface area contributed by atoms with E-state index >= 15 is 0 Å². The first kappa shape index (κ1) is 15.7. The van der Waals surface area contributed by atoms with E-state index in [4.69, 9.17) is 11.5 Å². The smallest absolute Gasteiger partial charge is 0.242 e. The van der Waals surface area contributed by atoms with E-state index in [1.807, 2.05) is 30.3 Å². The van der Waals surface area contributed by atoms with Gasteiger partial charge < -0.3 is 16.8 Å². The maximum absolute atomic E-state index is 12.0. The summed E-state index contributed by atoms with van der Waals surface area (Å²) in [5, 5.41) is 6.79. The number of nitrogens with two attached hydrogens (primary N) is 2. The van der Waals surface area contributed by atoms with Gasteiger partial charge in [-0.3, -0.25) is 14.3 Å². The molecule has 7 heteroatoms. The number of anilines is 1. The molecule has 22 heavy (non-hydrogen) atoms. The van der Waals surface area contributed by atoms with Crippen molar-refractivity contribution in [3.8, 4) is 0 Å². The van der Waals surface area contributed by atoms with E-state index in [-0.39, 0.29) is 12.3 Å². The Labute approximate surface area is 128 Å². The molecule has 0 spiro atoms. The van der Waals surface area contributed by atoms with Crippen LogP contribution in [-0.4, -0.2) is 27.6 Å². The maximum atomic E-state index is 12.0. The summed E-state index contributed by atoms with van der Waals surface area (Å²) >= 11 is 0. The number of nitrogens with one attached hydrogen (secondary N) is 1. The summed E-state index contributed by atoms with van der Waals surface area (Å²) in [6.07, 6.45) is 2.32. The minimum absolute atomic E-state index is 0.197. The van der Waals surface area contributed by atoms with Gasteiger partial charge in [0.05, 0.1) is 6.04 Å². The monoisotopic (exact) mass is 301 g/mol. The van der Waals surface area contributed by atoms with Crippen molar-refractivity contribution in [1.82, 2.24) is 9.78 Å². The van der Waals surface area contributed by atoms with Crippen LogP contribution in [0.3, 0.4) is 0 Å². The van der Waals surface area contributed by atoms with Gasteiger partial charge in [0.1, 0.15) is 0 Å². The van der Waals surface area contributed by atoms with Crippen molar-refractivity contribution >= 4 is 17.6 Å². The molecular formula is C15H19N5O2. The summed E-state index contributed by atoms with van der Waals surface area (Å²) < 4.78 is 1.54. The molecule has 5 N–H and O–H groups in total. The van der Waals surface area contributed by atoms with E-state index in [2.05, 4.69) is 10.4 Å². The fraction of sp³-hybridized carbons (Fsp3) is 0.267. The van der Waals surface area contributed by atoms with Crippen molar-refractivity contribution in [2.75, 3.05) is 5.32 Å². The highest BCUT2D eigenvalue weighted by atomic mass is 16.2. The molecule has 1 atom stereocenters. The van der Waals surface area contributed by atoms with Crippen molar-refractivity contribution in [2.24, 2.45) is 11.5 Å². The number of carbonyl (C=O) groups is 2.